The maximum atomic E-state index is 12.7. The van der Waals surface area contributed by atoms with Gasteiger partial charge in [-0.2, -0.15) is 0 Å². The Morgan fingerprint density at radius 2 is 1.00 bits per heavy atom. The minimum Gasteiger partial charge on any atom is -0.391 e. The number of unbranched alkanes of at least 4 members (excludes halogenated alkanes) is 25. The van der Waals surface area contributed by atoms with Crippen molar-refractivity contribution in [2.45, 2.75) is 212 Å². The van der Waals surface area contributed by atoms with Crippen LogP contribution in [0.4, 0.5) is 0 Å². The lowest BCUT2D eigenvalue weighted by molar-refractivity contribution is -0.123. The minimum atomic E-state index is -4.29. The molecule has 276 valence electrons. The van der Waals surface area contributed by atoms with Crippen molar-refractivity contribution in [1.82, 2.24) is 5.32 Å². The third-order valence-corrected chi connectivity index (χ3v) is 9.95. The number of aliphatic hydroxyl groups is 1. The van der Waals surface area contributed by atoms with E-state index in [0.717, 1.165) is 38.5 Å². The fourth-order valence-corrected chi connectivity index (χ4v) is 6.72. The summed E-state index contributed by atoms with van der Waals surface area (Å²) in [5.41, 5.74) is 5.35. The molecule has 0 aromatic carbocycles. The molecule has 3 unspecified atom stereocenters. The van der Waals surface area contributed by atoms with E-state index in [2.05, 4.69) is 19.2 Å². The molecule has 0 saturated heterocycles. The van der Waals surface area contributed by atoms with Gasteiger partial charge in [0.05, 0.1) is 25.4 Å². The Hall–Kier alpha value is -0.500. The van der Waals surface area contributed by atoms with E-state index in [0.29, 0.717) is 12.8 Å². The highest BCUT2D eigenvalue weighted by atomic mass is 31.2. The maximum absolute atomic E-state index is 12.7. The standard InChI is InChI=1S/C37H77N2O6P/c1-3-5-7-9-11-12-13-14-15-16-17-18-19-20-21-22-23-25-27-29-31-37(41)39-35(34-45-46(42,43)44-33-32-38)36(40)30-28-26-24-10-8-6-4-2/h35-36,40H,3-34,38H2,1-2H3,(H,39,41)(H,42,43). The van der Waals surface area contributed by atoms with Crippen molar-refractivity contribution in [3.63, 3.8) is 0 Å². The van der Waals surface area contributed by atoms with E-state index in [1.165, 1.54) is 135 Å². The van der Waals surface area contributed by atoms with Crippen LogP contribution in [0.3, 0.4) is 0 Å². The van der Waals surface area contributed by atoms with Crippen molar-refractivity contribution in [3.8, 4) is 0 Å². The van der Waals surface area contributed by atoms with Crippen molar-refractivity contribution in [2.24, 2.45) is 5.73 Å². The van der Waals surface area contributed by atoms with E-state index < -0.39 is 20.0 Å². The highest BCUT2D eigenvalue weighted by Crippen LogP contribution is 2.43. The third kappa shape index (κ3) is 32.1. The molecule has 8 nitrogen and oxygen atoms in total. The zero-order valence-corrected chi connectivity index (χ0v) is 31.2. The average molecular weight is 677 g/mol. The summed E-state index contributed by atoms with van der Waals surface area (Å²) < 4.78 is 22.0. The lowest BCUT2D eigenvalue weighted by Crippen LogP contribution is -2.46. The average Bonchev–Trinajstić information content (AvgIpc) is 3.04. The summed E-state index contributed by atoms with van der Waals surface area (Å²) in [5, 5.41) is 13.6. The molecule has 0 aliphatic carbocycles. The van der Waals surface area contributed by atoms with Gasteiger partial charge in [-0.05, 0) is 12.8 Å². The number of phosphoric ester groups is 1. The van der Waals surface area contributed by atoms with Gasteiger partial charge >= 0.3 is 7.82 Å². The molecule has 46 heavy (non-hydrogen) atoms. The summed E-state index contributed by atoms with van der Waals surface area (Å²) in [7, 11) is -4.29. The maximum Gasteiger partial charge on any atom is 0.472 e. The number of nitrogens with two attached hydrogens (primary N) is 1. The molecule has 0 heterocycles. The normalized spacial score (nSPS) is 14.3. The molecular weight excluding hydrogens is 599 g/mol. The Bertz CT molecular complexity index is 699. The van der Waals surface area contributed by atoms with E-state index in [1.54, 1.807) is 0 Å². The topological polar surface area (TPSA) is 131 Å². The molecule has 0 aliphatic rings. The highest BCUT2D eigenvalue weighted by molar-refractivity contribution is 7.47. The molecule has 5 N–H and O–H groups in total. The van der Waals surface area contributed by atoms with Gasteiger partial charge < -0.3 is 21.1 Å². The second-order valence-electron chi connectivity index (χ2n) is 13.5. The van der Waals surface area contributed by atoms with Gasteiger partial charge in [0, 0.05) is 13.0 Å². The fourth-order valence-electron chi connectivity index (χ4n) is 5.96. The Morgan fingerprint density at radius 3 is 1.39 bits per heavy atom. The zero-order chi connectivity index (χ0) is 34.0. The molecular formula is C37H77N2O6P. The van der Waals surface area contributed by atoms with Crippen LogP contribution in [0.5, 0.6) is 0 Å². The van der Waals surface area contributed by atoms with Gasteiger partial charge in [-0.25, -0.2) is 4.57 Å². The van der Waals surface area contributed by atoms with Crippen molar-refractivity contribution in [2.75, 3.05) is 19.8 Å². The van der Waals surface area contributed by atoms with Crippen LogP contribution in [-0.2, 0) is 18.4 Å². The third-order valence-electron chi connectivity index (χ3n) is 8.96. The van der Waals surface area contributed by atoms with E-state index >= 15 is 0 Å². The van der Waals surface area contributed by atoms with Crippen LogP contribution in [0.25, 0.3) is 0 Å². The van der Waals surface area contributed by atoms with Crippen LogP contribution >= 0.6 is 7.82 Å². The first-order valence-electron chi connectivity index (χ1n) is 19.7. The fraction of sp³-hybridized carbons (Fsp3) is 0.973. The predicted molar refractivity (Wildman–Crippen MR) is 194 cm³/mol. The second kappa shape index (κ2) is 34.4. The molecule has 0 spiro atoms. The largest absolute Gasteiger partial charge is 0.472 e. The summed E-state index contributed by atoms with van der Waals surface area (Å²) in [5.74, 6) is -0.162. The van der Waals surface area contributed by atoms with Gasteiger partial charge in [0.1, 0.15) is 0 Å². The second-order valence-corrected chi connectivity index (χ2v) is 15.0. The predicted octanol–water partition coefficient (Wildman–Crippen LogP) is 10.3. The van der Waals surface area contributed by atoms with Crippen LogP contribution in [0, 0.1) is 0 Å². The van der Waals surface area contributed by atoms with E-state index in [-0.39, 0.29) is 25.7 Å². The number of carbonyl (C=O) groups is 1. The molecule has 0 fully saturated rings. The summed E-state index contributed by atoms with van der Waals surface area (Å²) in [6.07, 6.45) is 34.2. The number of aliphatic hydroxyl groups excluding tert-OH is 1. The molecule has 3 atom stereocenters. The number of carbonyl (C=O) groups excluding carboxylic acids is 1. The quantitative estimate of drug-likeness (QED) is 0.0380. The molecule has 0 radical (unpaired) electrons. The van der Waals surface area contributed by atoms with Crippen LogP contribution in [0.15, 0.2) is 0 Å². The van der Waals surface area contributed by atoms with Crippen LogP contribution in [-0.4, -0.2) is 47.8 Å². The van der Waals surface area contributed by atoms with Crippen LogP contribution in [0.1, 0.15) is 200 Å². The smallest absolute Gasteiger partial charge is 0.391 e. The molecule has 0 aliphatic heterocycles. The molecule has 0 rings (SSSR count). The van der Waals surface area contributed by atoms with Gasteiger partial charge in [0.25, 0.3) is 0 Å². The number of hydrogen-bond donors (Lipinski definition) is 4. The van der Waals surface area contributed by atoms with Gasteiger partial charge in [-0.3, -0.25) is 13.8 Å². The first kappa shape index (κ1) is 45.5. The SMILES string of the molecule is CCCCCCCCCCCCCCCCCCCCCCC(=O)NC(COP(=O)(O)OCCN)C(O)CCCCCCCCC. The van der Waals surface area contributed by atoms with Gasteiger partial charge in [-0.1, -0.05) is 181 Å². The number of rotatable bonds is 37. The summed E-state index contributed by atoms with van der Waals surface area (Å²) in [6, 6.07) is -0.764. The van der Waals surface area contributed by atoms with Crippen molar-refractivity contribution in [1.29, 1.82) is 0 Å². The first-order valence-corrected chi connectivity index (χ1v) is 21.1. The van der Waals surface area contributed by atoms with Crippen molar-refractivity contribution < 1.29 is 28.4 Å². The van der Waals surface area contributed by atoms with E-state index in [4.69, 9.17) is 14.8 Å². The van der Waals surface area contributed by atoms with Gasteiger partial charge in [-0.15, -0.1) is 0 Å². The molecule has 9 heteroatoms. The number of nitrogens with one attached hydrogen (secondary N) is 1. The molecule has 0 aromatic rings. The Balaban J connectivity index is 3.98. The van der Waals surface area contributed by atoms with Crippen LogP contribution in [0.2, 0.25) is 0 Å². The molecule has 0 saturated carbocycles. The molecule has 1 amide bonds. The van der Waals surface area contributed by atoms with Crippen molar-refractivity contribution >= 4 is 13.7 Å². The first-order chi connectivity index (χ1) is 22.4. The molecule has 0 bridgehead atoms. The summed E-state index contributed by atoms with van der Waals surface area (Å²) in [4.78, 5) is 22.5. The Labute approximate surface area is 284 Å². The Kier molecular flexibility index (Phi) is 34.0. The summed E-state index contributed by atoms with van der Waals surface area (Å²) >= 11 is 0. The monoisotopic (exact) mass is 677 g/mol. The van der Waals surface area contributed by atoms with E-state index in [1.807, 2.05) is 0 Å². The number of phosphoric acid groups is 1. The lowest BCUT2D eigenvalue weighted by Gasteiger charge is -2.25. The Morgan fingerprint density at radius 1 is 0.630 bits per heavy atom. The van der Waals surface area contributed by atoms with Crippen molar-refractivity contribution in [3.05, 3.63) is 0 Å². The van der Waals surface area contributed by atoms with Gasteiger partial charge in [0.2, 0.25) is 5.91 Å². The number of hydrogen-bond acceptors (Lipinski definition) is 6. The zero-order valence-electron chi connectivity index (χ0n) is 30.3. The lowest BCUT2D eigenvalue weighted by atomic mass is 10.0. The van der Waals surface area contributed by atoms with Gasteiger partial charge in [0.15, 0.2) is 0 Å². The highest BCUT2D eigenvalue weighted by Gasteiger charge is 2.27. The number of amides is 1. The van der Waals surface area contributed by atoms with Crippen LogP contribution < -0.4 is 11.1 Å². The van der Waals surface area contributed by atoms with E-state index in [9.17, 15) is 19.4 Å². The summed E-state index contributed by atoms with van der Waals surface area (Å²) in [6.45, 7) is 4.17. The minimum absolute atomic E-state index is 0.0917. The molecule has 0 aromatic heterocycles.